The molecule has 0 aromatic heterocycles. The van der Waals surface area contributed by atoms with Crippen molar-refractivity contribution in [2.75, 3.05) is 6.54 Å². The van der Waals surface area contributed by atoms with Gasteiger partial charge in [0, 0.05) is 12.6 Å². The predicted octanol–water partition coefficient (Wildman–Crippen LogP) is 1.10. The molecule has 8 heavy (non-hydrogen) atoms. The molecule has 2 atom stereocenters. The SMILES string of the molecule is C[C@H]1C[C@@](C)(F)CN1. The van der Waals surface area contributed by atoms with Gasteiger partial charge < -0.3 is 5.32 Å². The summed E-state index contributed by atoms with van der Waals surface area (Å²) < 4.78 is 12.8. The van der Waals surface area contributed by atoms with Crippen molar-refractivity contribution >= 4 is 0 Å². The molecule has 1 heterocycles. The Hall–Kier alpha value is -0.110. The van der Waals surface area contributed by atoms with Crippen LogP contribution in [0.1, 0.15) is 20.3 Å². The molecule has 0 aromatic carbocycles. The maximum absolute atomic E-state index is 12.8. The van der Waals surface area contributed by atoms with Crippen molar-refractivity contribution in [3.63, 3.8) is 0 Å². The maximum Gasteiger partial charge on any atom is 0.122 e. The van der Waals surface area contributed by atoms with E-state index in [1.807, 2.05) is 6.92 Å². The van der Waals surface area contributed by atoms with E-state index in [0.717, 1.165) is 0 Å². The van der Waals surface area contributed by atoms with E-state index < -0.39 is 5.67 Å². The van der Waals surface area contributed by atoms with Crippen molar-refractivity contribution in [2.24, 2.45) is 0 Å². The monoisotopic (exact) mass is 117 g/mol. The highest BCUT2D eigenvalue weighted by molar-refractivity contribution is 4.88. The van der Waals surface area contributed by atoms with E-state index in [9.17, 15) is 4.39 Å². The maximum atomic E-state index is 12.8. The van der Waals surface area contributed by atoms with E-state index in [1.165, 1.54) is 0 Å². The number of alkyl halides is 1. The van der Waals surface area contributed by atoms with Crippen LogP contribution in [0.3, 0.4) is 0 Å². The summed E-state index contributed by atoms with van der Waals surface area (Å²) in [5.74, 6) is 0. The van der Waals surface area contributed by atoms with Crippen molar-refractivity contribution in [2.45, 2.75) is 32.0 Å². The lowest BCUT2D eigenvalue weighted by Crippen LogP contribution is -2.21. The lowest BCUT2D eigenvalue weighted by Gasteiger charge is -2.08. The summed E-state index contributed by atoms with van der Waals surface area (Å²) in [5, 5.41) is 3.03. The first-order valence-electron chi connectivity index (χ1n) is 3.02. The summed E-state index contributed by atoms with van der Waals surface area (Å²) in [7, 11) is 0. The lowest BCUT2D eigenvalue weighted by molar-refractivity contribution is 0.215. The normalized spacial score (nSPS) is 47.6. The molecule has 0 radical (unpaired) electrons. The van der Waals surface area contributed by atoms with E-state index in [-0.39, 0.29) is 0 Å². The van der Waals surface area contributed by atoms with Gasteiger partial charge in [0.1, 0.15) is 5.67 Å². The average Bonchev–Trinajstić information content (AvgIpc) is 1.82. The zero-order valence-electron chi connectivity index (χ0n) is 5.37. The molecule has 1 N–H and O–H groups in total. The van der Waals surface area contributed by atoms with Gasteiger partial charge in [0.05, 0.1) is 0 Å². The lowest BCUT2D eigenvalue weighted by atomic mass is 10.1. The second kappa shape index (κ2) is 1.69. The third-order valence-electron chi connectivity index (χ3n) is 1.55. The van der Waals surface area contributed by atoms with Gasteiger partial charge in [-0.3, -0.25) is 0 Å². The zero-order chi connectivity index (χ0) is 6.20. The minimum absolute atomic E-state index is 0.366. The number of nitrogens with one attached hydrogen (secondary N) is 1. The molecule has 0 aromatic rings. The average molecular weight is 117 g/mol. The van der Waals surface area contributed by atoms with Gasteiger partial charge in [-0.1, -0.05) is 0 Å². The van der Waals surface area contributed by atoms with Gasteiger partial charge in [0.25, 0.3) is 0 Å². The largest absolute Gasteiger partial charge is 0.311 e. The molecule has 2 heteroatoms. The van der Waals surface area contributed by atoms with E-state index in [2.05, 4.69) is 5.32 Å². The van der Waals surface area contributed by atoms with Gasteiger partial charge in [-0.15, -0.1) is 0 Å². The van der Waals surface area contributed by atoms with Gasteiger partial charge in [0.15, 0.2) is 0 Å². The highest BCUT2D eigenvalue weighted by atomic mass is 19.1. The quantitative estimate of drug-likeness (QED) is 0.501. The topological polar surface area (TPSA) is 12.0 Å². The zero-order valence-corrected chi connectivity index (χ0v) is 5.37. The fraction of sp³-hybridized carbons (Fsp3) is 1.00. The van der Waals surface area contributed by atoms with Crippen molar-refractivity contribution in [3.8, 4) is 0 Å². The summed E-state index contributed by atoms with van der Waals surface area (Å²) >= 11 is 0. The van der Waals surface area contributed by atoms with Crippen LogP contribution in [0, 0.1) is 0 Å². The van der Waals surface area contributed by atoms with Crippen LogP contribution in [-0.4, -0.2) is 18.3 Å². The number of halogens is 1. The van der Waals surface area contributed by atoms with Gasteiger partial charge in [-0.2, -0.15) is 0 Å². The molecule has 1 saturated heterocycles. The molecule has 0 saturated carbocycles. The Kier molecular flexibility index (Phi) is 1.27. The van der Waals surface area contributed by atoms with Crippen LogP contribution in [0.2, 0.25) is 0 Å². The summed E-state index contributed by atoms with van der Waals surface area (Å²) in [6, 6.07) is 0.366. The van der Waals surface area contributed by atoms with Gasteiger partial charge >= 0.3 is 0 Å². The Morgan fingerprint density at radius 1 is 1.75 bits per heavy atom. The van der Waals surface area contributed by atoms with Crippen molar-refractivity contribution < 1.29 is 4.39 Å². The Balaban J connectivity index is 2.44. The van der Waals surface area contributed by atoms with Crippen LogP contribution >= 0.6 is 0 Å². The van der Waals surface area contributed by atoms with E-state index in [0.29, 0.717) is 19.0 Å². The van der Waals surface area contributed by atoms with Crippen molar-refractivity contribution in [1.29, 1.82) is 0 Å². The molecule has 1 nitrogen and oxygen atoms in total. The highest BCUT2D eigenvalue weighted by Gasteiger charge is 2.31. The van der Waals surface area contributed by atoms with Crippen LogP contribution in [0.5, 0.6) is 0 Å². The molecule has 1 fully saturated rings. The van der Waals surface area contributed by atoms with E-state index >= 15 is 0 Å². The molecule has 1 rings (SSSR count). The van der Waals surface area contributed by atoms with Gasteiger partial charge in [-0.05, 0) is 20.3 Å². The highest BCUT2D eigenvalue weighted by Crippen LogP contribution is 2.21. The molecule has 0 unspecified atom stereocenters. The third-order valence-corrected chi connectivity index (χ3v) is 1.55. The minimum atomic E-state index is -0.945. The molecule has 0 amide bonds. The number of hydrogen-bond acceptors (Lipinski definition) is 1. The molecule has 48 valence electrons. The number of hydrogen-bond donors (Lipinski definition) is 1. The Morgan fingerprint density at radius 3 is 2.50 bits per heavy atom. The second-order valence-electron chi connectivity index (χ2n) is 2.90. The Bertz CT molecular complexity index is 90.5. The van der Waals surface area contributed by atoms with Crippen LogP contribution in [0.4, 0.5) is 4.39 Å². The molecular formula is C6H12FN. The van der Waals surface area contributed by atoms with E-state index in [4.69, 9.17) is 0 Å². The summed E-state index contributed by atoms with van der Waals surface area (Å²) in [5.41, 5.74) is -0.945. The first kappa shape index (κ1) is 6.02. The smallest absolute Gasteiger partial charge is 0.122 e. The fourth-order valence-corrected chi connectivity index (χ4v) is 1.17. The third kappa shape index (κ3) is 1.19. The van der Waals surface area contributed by atoms with Crippen molar-refractivity contribution in [3.05, 3.63) is 0 Å². The standard InChI is InChI=1S/C6H12FN/c1-5-3-6(2,7)4-8-5/h5,8H,3-4H2,1-2H3/t5-,6+/m0/s1. The predicted molar refractivity (Wildman–Crippen MR) is 31.6 cm³/mol. The van der Waals surface area contributed by atoms with Crippen LogP contribution in [0.15, 0.2) is 0 Å². The molecule has 1 aliphatic heterocycles. The number of rotatable bonds is 0. The first-order chi connectivity index (χ1) is 3.60. The molecule has 0 spiro atoms. The fourth-order valence-electron chi connectivity index (χ4n) is 1.17. The molecule has 0 aliphatic carbocycles. The molecular weight excluding hydrogens is 105 g/mol. The van der Waals surface area contributed by atoms with Crippen LogP contribution in [0.25, 0.3) is 0 Å². The molecule has 0 bridgehead atoms. The second-order valence-corrected chi connectivity index (χ2v) is 2.90. The van der Waals surface area contributed by atoms with E-state index in [1.54, 1.807) is 6.92 Å². The minimum Gasteiger partial charge on any atom is -0.311 e. The Morgan fingerprint density at radius 2 is 2.38 bits per heavy atom. The van der Waals surface area contributed by atoms with Crippen LogP contribution < -0.4 is 5.32 Å². The molecule has 1 aliphatic rings. The van der Waals surface area contributed by atoms with Gasteiger partial charge in [-0.25, -0.2) is 4.39 Å². The van der Waals surface area contributed by atoms with Crippen molar-refractivity contribution in [1.82, 2.24) is 5.32 Å². The first-order valence-corrected chi connectivity index (χ1v) is 3.02. The summed E-state index contributed by atoms with van der Waals surface area (Å²) in [6.07, 6.45) is 0.660. The summed E-state index contributed by atoms with van der Waals surface area (Å²) in [4.78, 5) is 0. The van der Waals surface area contributed by atoms with Gasteiger partial charge in [0.2, 0.25) is 0 Å². The summed E-state index contributed by atoms with van der Waals surface area (Å²) in [6.45, 7) is 4.17. The van der Waals surface area contributed by atoms with Crippen LogP contribution in [-0.2, 0) is 0 Å². The Labute approximate surface area is 49.3 Å².